The average Bonchev–Trinajstić information content (AvgIpc) is 2.57. The number of esters is 1. The molecule has 0 spiro atoms. The number of amides is 1. The number of aryl methyl sites for hydroxylation is 2. The minimum absolute atomic E-state index is 0.0166. The highest BCUT2D eigenvalue weighted by atomic mass is 16.6. The van der Waals surface area contributed by atoms with E-state index in [-0.39, 0.29) is 12.3 Å². The largest absolute Gasteiger partial charge is 0.460 e. The molecule has 29 heavy (non-hydrogen) atoms. The second-order valence-electron chi connectivity index (χ2n) is 8.81. The summed E-state index contributed by atoms with van der Waals surface area (Å²) in [6, 6.07) is 9.34. The number of hydrogen-bond donors (Lipinski definition) is 1. The van der Waals surface area contributed by atoms with E-state index in [2.05, 4.69) is 10.3 Å². The Bertz CT molecular complexity index is 860. The highest BCUT2D eigenvalue weighted by Crippen LogP contribution is 2.28. The van der Waals surface area contributed by atoms with Gasteiger partial charge in [-0.1, -0.05) is 32.0 Å². The summed E-state index contributed by atoms with van der Waals surface area (Å²) < 4.78 is 11.2. The molecule has 0 atom stereocenters. The topological polar surface area (TPSA) is 77.5 Å². The zero-order valence-corrected chi connectivity index (χ0v) is 18.3. The number of para-hydroxylation sites is 1. The van der Waals surface area contributed by atoms with Gasteiger partial charge < -0.3 is 14.8 Å². The molecule has 2 aromatic rings. The standard InChI is InChI=1S/C23H30N2O4/c1-15-9-8-10-16(2)20(15)28-18-12-11-17(14-24-18)25-21(27)23(6,7)13-19(26)29-22(3,4)5/h8-12,14H,13H2,1-7H3,(H,25,27). The Morgan fingerprint density at radius 2 is 1.62 bits per heavy atom. The number of carbonyl (C=O) groups excluding carboxylic acids is 2. The van der Waals surface area contributed by atoms with Crippen LogP contribution in [0.2, 0.25) is 0 Å². The molecule has 1 N–H and O–H groups in total. The van der Waals surface area contributed by atoms with E-state index < -0.39 is 17.0 Å². The van der Waals surface area contributed by atoms with Crippen LogP contribution in [0.1, 0.15) is 52.2 Å². The average molecular weight is 399 g/mol. The van der Waals surface area contributed by atoms with Gasteiger partial charge >= 0.3 is 5.97 Å². The van der Waals surface area contributed by atoms with Gasteiger partial charge in [0.05, 0.1) is 23.7 Å². The number of pyridine rings is 1. The van der Waals surface area contributed by atoms with Crippen LogP contribution in [-0.2, 0) is 14.3 Å². The first kappa shape index (κ1) is 22.4. The summed E-state index contributed by atoms with van der Waals surface area (Å²) in [6.07, 6.45) is 1.52. The maximum atomic E-state index is 12.6. The zero-order chi connectivity index (χ0) is 21.8. The van der Waals surface area contributed by atoms with Gasteiger partial charge in [-0.25, -0.2) is 4.98 Å². The summed E-state index contributed by atoms with van der Waals surface area (Å²) in [6.45, 7) is 12.8. The molecule has 1 aromatic carbocycles. The number of carbonyl (C=O) groups is 2. The van der Waals surface area contributed by atoms with Crippen molar-refractivity contribution in [3.8, 4) is 11.6 Å². The van der Waals surface area contributed by atoms with Crippen LogP contribution in [0.4, 0.5) is 5.69 Å². The molecule has 0 fully saturated rings. The van der Waals surface area contributed by atoms with Crippen molar-refractivity contribution in [1.29, 1.82) is 0 Å². The third kappa shape index (κ3) is 6.59. The number of nitrogens with one attached hydrogen (secondary N) is 1. The zero-order valence-electron chi connectivity index (χ0n) is 18.3. The Balaban J connectivity index is 2.01. The van der Waals surface area contributed by atoms with Crippen molar-refractivity contribution in [3.05, 3.63) is 47.7 Å². The third-order valence-corrected chi connectivity index (χ3v) is 4.23. The Hall–Kier alpha value is -2.89. The van der Waals surface area contributed by atoms with E-state index in [1.54, 1.807) is 46.8 Å². The number of ether oxygens (including phenoxy) is 2. The monoisotopic (exact) mass is 398 g/mol. The molecular formula is C23H30N2O4. The number of aromatic nitrogens is 1. The molecule has 156 valence electrons. The predicted molar refractivity (Wildman–Crippen MR) is 113 cm³/mol. The second-order valence-corrected chi connectivity index (χ2v) is 8.81. The van der Waals surface area contributed by atoms with E-state index in [1.165, 1.54) is 6.20 Å². The Morgan fingerprint density at radius 1 is 1.00 bits per heavy atom. The van der Waals surface area contributed by atoms with E-state index in [4.69, 9.17) is 9.47 Å². The van der Waals surface area contributed by atoms with E-state index in [0.29, 0.717) is 11.6 Å². The molecule has 1 heterocycles. The first-order chi connectivity index (χ1) is 13.4. The predicted octanol–water partition coefficient (Wildman–Crippen LogP) is 5.19. The number of benzene rings is 1. The van der Waals surface area contributed by atoms with Crippen LogP contribution >= 0.6 is 0 Å². The van der Waals surface area contributed by atoms with Crippen molar-refractivity contribution >= 4 is 17.6 Å². The van der Waals surface area contributed by atoms with E-state index >= 15 is 0 Å². The molecular weight excluding hydrogens is 368 g/mol. The molecule has 0 bridgehead atoms. The molecule has 6 heteroatoms. The summed E-state index contributed by atoms with van der Waals surface area (Å²) >= 11 is 0. The lowest BCUT2D eigenvalue weighted by Gasteiger charge is -2.25. The lowest BCUT2D eigenvalue weighted by molar-refractivity contribution is -0.158. The highest BCUT2D eigenvalue weighted by Gasteiger charge is 2.32. The van der Waals surface area contributed by atoms with Gasteiger partial charge in [-0.2, -0.15) is 0 Å². The minimum atomic E-state index is -0.921. The maximum Gasteiger partial charge on any atom is 0.307 e. The van der Waals surface area contributed by atoms with Crippen molar-refractivity contribution in [2.45, 2.75) is 60.5 Å². The molecule has 6 nitrogen and oxygen atoms in total. The molecule has 0 radical (unpaired) electrons. The maximum absolute atomic E-state index is 12.6. The van der Waals surface area contributed by atoms with Crippen LogP contribution in [-0.4, -0.2) is 22.5 Å². The third-order valence-electron chi connectivity index (χ3n) is 4.23. The van der Waals surface area contributed by atoms with Crippen LogP contribution in [0.25, 0.3) is 0 Å². The number of rotatable bonds is 6. The fourth-order valence-corrected chi connectivity index (χ4v) is 2.70. The van der Waals surface area contributed by atoms with Crippen molar-refractivity contribution in [1.82, 2.24) is 4.98 Å². The van der Waals surface area contributed by atoms with Gasteiger partial charge in [0, 0.05) is 6.07 Å². The summed E-state index contributed by atoms with van der Waals surface area (Å²) in [7, 11) is 0. The van der Waals surface area contributed by atoms with Gasteiger partial charge in [-0.15, -0.1) is 0 Å². The number of hydrogen-bond acceptors (Lipinski definition) is 5. The molecule has 2 rings (SSSR count). The Kier molecular flexibility index (Phi) is 6.67. The molecule has 0 saturated heterocycles. The number of nitrogens with zero attached hydrogens (tertiary/aromatic N) is 1. The Morgan fingerprint density at radius 3 is 2.14 bits per heavy atom. The van der Waals surface area contributed by atoms with Gasteiger partial charge in [0.1, 0.15) is 11.4 Å². The van der Waals surface area contributed by atoms with E-state index in [0.717, 1.165) is 16.9 Å². The molecule has 0 saturated carbocycles. The number of anilines is 1. The van der Waals surface area contributed by atoms with E-state index in [1.807, 2.05) is 32.0 Å². The van der Waals surface area contributed by atoms with Crippen LogP contribution in [0.5, 0.6) is 11.6 Å². The smallest absolute Gasteiger partial charge is 0.307 e. The van der Waals surface area contributed by atoms with Crippen molar-refractivity contribution in [3.63, 3.8) is 0 Å². The molecule has 0 aliphatic heterocycles. The molecule has 1 aromatic heterocycles. The summed E-state index contributed by atoms with van der Waals surface area (Å²) in [5.74, 6) is 0.519. The fourth-order valence-electron chi connectivity index (χ4n) is 2.70. The van der Waals surface area contributed by atoms with Crippen LogP contribution in [0, 0.1) is 19.3 Å². The minimum Gasteiger partial charge on any atom is -0.460 e. The molecule has 0 unspecified atom stereocenters. The van der Waals surface area contributed by atoms with Gasteiger partial charge in [-0.3, -0.25) is 9.59 Å². The van der Waals surface area contributed by atoms with Crippen LogP contribution in [0.3, 0.4) is 0 Å². The quantitative estimate of drug-likeness (QED) is 0.678. The first-order valence-electron chi connectivity index (χ1n) is 9.61. The molecule has 0 aliphatic rings. The first-order valence-corrected chi connectivity index (χ1v) is 9.61. The molecule has 0 aliphatic carbocycles. The fraction of sp³-hybridized carbons (Fsp3) is 0.435. The summed E-state index contributed by atoms with van der Waals surface area (Å²) in [5, 5.41) is 2.80. The van der Waals surface area contributed by atoms with E-state index in [9.17, 15) is 9.59 Å². The highest BCUT2D eigenvalue weighted by molar-refractivity contribution is 5.96. The molecule has 1 amide bonds. The van der Waals surface area contributed by atoms with Crippen LogP contribution in [0.15, 0.2) is 36.5 Å². The Labute approximate surface area is 172 Å². The van der Waals surface area contributed by atoms with Gasteiger partial charge in [0.15, 0.2) is 0 Å². The normalized spacial score (nSPS) is 11.7. The van der Waals surface area contributed by atoms with Gasteiger partial charge in [-0.05, 0) is 51.8 Å². The lowest BCUT2D eigenvalue weighted by atomic mass is 9.88. The van der Waals surface area contributed by atoms with Crippen molar-refractivity contribution in [2.24, 2.45) is 5.41 Å². The SMILES string of the molecule is Cc1cccc(C)c1Oc1ccc(NC(=O)C(C)(C)CC(=O)OC(C)(C)C)cn1. The van der Waals surface area contributed by atoms with Crippen molar-refractivity contribution in [2.75, 3.05) is 5.32 Å². The van der Waals surface area contributed by atoms with Gasteiger partial charge in [0.2, 0.25) is 11.8 Å². The second kappa shape index (κ2) is 8.64. The summed E-state index contributed by atoms with van der Waals surface area (Å²) in [5.41, 5.74) is 1.07. The van der Waals surface area contributed by atoms with Crippen LogP contribution < -0.4 is 10.1 Å². The van der Waals surface area contributed by atoms with Gasteiger partial charge in [0.25, 0.3) is 0 Å². The van der Waals surface area contributed by atoms with Crippen molar-refractivity contribution < 1.29 is 19.1 Å². The lowest BCUT2D eigenvalue weighted by Crippen LogP contribution is -2.35. The summed E-state index contributed by atoms with van der Waals surface area (Å²) in [4.78, 5) is 29.0.